The predicted octanol–water partition coefficient (Wildman–Crippen LogP) is 11.9. The molecule has 0 aliphatic heterocycles. The van der Waals surface area contributed by atoms with Gasteiger partial charge in [-0.15, -0.1) is 0 Å². The molecule has 0 aromatic carbocycles. The van der Waals surface area contributed by atoms with Gasteiger partial charge < -0.3 is 10.2 Å². The molecule has 0 amide bonds. The lowest BCUT2D eigenvalue weighted by atomic mass is 9.99. The zero-order valence-corrected chi connectivity index (χ0v) is 26.1. The Kier molecular flexibility index (Phi) is 30.0. The summed E-state index contributed by atoms with van der Waals surface area (Å²) < 4.78 is 0. The van der Waals surface area contributed by atoms with Crippen LogP contribution in [0.25, 0.3) is 0 Å². The maximum absolute atomic E-state index is 10.3. The van der Waals surface area contributed by atoms with Crippen LogP contribution in [0.1, 0.15) is 168 Å². The first-order valence-corrected chi connectivity index (χ1v) is 16.8. The van der Waals surface area contributed by atoms with E-state index in [1.807, 2.05) is 0 Å². The first-order valence-electron chi connectivity index (χ1n) is 16.8. The molecular weight excluding hydrogens is 476 g/mol. The van der Waals surface area contributed by atoms with E-state index in [1.54, 1.807) is 0 Å². The molecule has 0 spiro atoms. The van der Waals surface area contributed by atoms with Crippen LogP contribution in [0.5, 0.6) is 0 Å². The minimum absolute atomic E-state index is 0.526. The number of hydrogen-bond donors (Lipinski definition) is 2. The summed E-state index contributed by atoms with van der Waals surface area (Å²) in [6.07, 6.45) is 49.7. The zero-order chi connectivity index (χ0) is 28.5. The molecule has 0 radical (unpaired) electrons. The van der Waals surface area contributed by atoms with Crippen molar-refractivity contribution in [3.8, 4) is 0 Å². The normalized spacial score (nSPS) is 13.0. The molecule has 0 saturated heterocycles. The van der Waals surface area contributed by atoms with Crippen molar-refractivity contribution in [3.05, 3.63) is 60.8 Å². The topological polar surface area (TPSA) is 40.5 Å². The molecule has 0 saturated carbocycles. The van der Waals surface area contributed by atoms with Gasteiger partial charge in [-0.05, 0) is 77.0 Å². The summed E-state index contributed by atoms with van der Waals surface area (Å²) in [6.45, 7) is 4.42. The highest BCUT2D eigenvalue weighted by atomic mass is 16.5. The molecule has 0 bridgehead atoms. The van der Waals surface area contributed by atoms with E-state index in [2.05, 4.69) is 74.6 Å². The fourth-order valence-corrected chi connectivity index (χ4v) is 4.73. The molecule has 0 rings (SSSR count). The third-order valence-electron chi connectivity index (χ3n) is 7.26. The Morgan fingerprint density at radius 3 is 1.13 bits per heavy atom. The number of unbranched alkanes of at least 4 members (excludes halogenated alkanes) is 15. The molecule has 0 fully saturated rings. The van der Waals surface area contributed by atoms with Gasteiger partial charge >= 0.3 is 0 Å². The van der Waals surface area contributed by atoms with Gasteiger partial charge in [0.15, 0.2) is 5.79 Å². The summed E-state index contributed by atoms with van der Waals surface area (Å²) in [6, 6.07) is 0. The van der Waals surface area contributed by atoms with Crippen molar-refractivity contribution in [1.29, 1.82) is 0 Å². The smallest absolute Gasteiger partial charge is 0.162 e. The predicted molar refractivity (Wildman–Crippen MR) is 175 cm³/mol. The molecule has 0 heterocycles. The second kappa shape index (κ2) is 31.2. The number of allylic oxidation sites excluding steroid dienone is 10. The third kappa shape index (κ3) is 32.7. The minimum atomic E-state index is -1.46. The average Bonchev–Trinajstić information content (AvgIpc) is 2.92. The molecule has 39 heavy (non-hydrogen) atoms. The Morgan fingerprint density at radius 2 is 0.718 bits per heavy atom. The van der Waals surface area contributed by atoms with Gasteiger partial charge in [0.2, 0.25) is 0 Å². The third-order valence-corrected chi connectivity index (χ3v) is 7.26. The Labute approximate surface area is 244 Å². The molecule has 2 heteroatoms. The quantitative estimate of drug-likeness (QED) is 0.0560. The van der Waals surface area contributed by atoms with Gasteiger partial charge in [-0.25, -0.2) is 0 Å². The van der Waals surface area contributed by atoms with E-state index >= 15 is 0 Å². The van der Waals surface area contributed by atoms with Crippen LogP contribution in [-0.2, 0) is 0 Å². The molecule has 2 nitrogen and oxygen atoms in total. The summed E-state index contributed by atoms with van der Waals surface area (Å²) in [5.74, 6) is -1.46. The molecular formula is C37H66O2. The first-order chi connectivity index (χ1) is 19.1. The van der Waals surface area contributed by atoms with E-state index in [-0.39, 0.29) is 0 Å². The fraction of sp³-hybridized carbons (Fsp3) is 0.730. The summed E-state index contributed by atoms with van der Waals surface area (Å²) in [5.41, 5.74) is 0. The van der Waals surface area contributed by atoms with Gasteiger partial charge in [0.25, 0.3) is 0 Å². The second-order valence-electron chi connectivity index (χ2n) is 11.3. The van der Waals surface area contributed by atoms with E-state index < -0.39 is 5.79 Å². The van der Waals surface area contributed by atoms with Crippen LogP contribution in [0.15, 0.2) is 60.8 Å². The average molecular weight is 543 g/mol. The summed E-state index contributed by atoms with van der Waals surface area (Å²) >= 11 is 0. The lowest BCUT2D eigenvalue weighted by Crippen LogP contribution is -2.27. The second-order valence-corrected chi connectivity index (χ2v) is 11.3. The van der Waals surface area contributed by atoms with Gasteiger partial charge in [-0.2, -0.15) is 0 Å². The van der Waals surface area contributed by atoms with Crippen LogP contribution in [0.3, 0.4) is 0 Å². The lowest BCUT2D eigenvalue weighted by Gasteiger charge is -2.21. The van der Waals surface area contributed by atoms with Crippen LogP contribution in [0.4, 0.5) is 0 Å². The molecule has 0 unspecified atom stereocenters. The van der Waals surface area contributed by atoms with Gasteiger partial charge in [0.1, 0.15) is 0 Å². The van der Waals surface area contributed by atoms with Crippen molar-refractivity contribution in [2.75, 3.05) is 0 Å². The van der Waals surface area contributed by atoms with Crippen LogP contribution in [-0.4, -0.2) is 16.0 Å². The Hall–Kier alpha value is -1.38. The fourth-order valence-electron chi connectivity index (χ4n) is 4.73. The monoisotopic (exact) mass is 543 g/mol. The van der Waals surface area contributed by atoms with Crippen LogP contribution in [0.2, 0.25) is 0 Å². The van der Waals surface area contributed by atoms with E-state index in [0.717, 1.165) is 51.4 Å². The van der Waals surface area contributed by atoms with Crippen molar-refractivity contribution in [1.82, 2.24) is 0 Å². The Morgan fingerprint density at radius 1 is 0.385 bits per heavy atom. The highest BCUT2D eigenvalue weighted by Gasteiger charge is 2.21. The van der Waals surface area contributed by atoms with Gasteiger partial charge in [0, 0.05) is 12.8 Å². The highest BCUT2D eigenvalue weighted by molar-refractivity contribution is 4.97. The minimum Gasteiger partial charge on any atom is -0.366 e. The first kappa shape index (κ1) is 37.6. The number of aliphatic hydroxyl groups is 2. The molecule has 0 aromatic rings. The number of hydrogen-bond acceptors (Lipinski definition) is 2. The molecule has 0 aromatic heterocycles. The molecule has 0 aliphatic rings. The van der Waals surface area contributed by atoms with Crippen molar-refractivity contribution in [2.24, 2.45) is 0 Å². The van der Waals surface area contributed by atoms with Gasteiger partial charge in [0.05, 0.1) is 0 Å². The van der Waals surface area contributed by atoms with Gasteiger partial charge in [-0.1, -0.05) is 139 Å². The standard InChI is InChI=1S/C37H66O2/c1-3-5-7-9-11-13-15-17-19-21-23-25-27-29-31-33-35-37(38,39)36-34-32-30-28-26-24-22-20-18-16-14-12-10-8-6-4-2/h5,7,11-14,17-20,38-39H,3-4,6,8-10,15-16,21-36H2,1-2H3/b7-5-,13-11-,14-12-,19-17-,20-18-. The summed E-state index contributed by atoms with van der Waals surface area (Å²) in [5, 5.41) is 20.5. The molecule has 226 valence electrons. The van der Waals surface area contributed by atoms with Crippen molar-refractivity contribution >= 4 is 0 Å². The molecule has 2 N–H and O–H groups in total. The molecule has 0 atom stereocenters. The largest absolute Gasteiger partial charge is 0.366 e. The molecule has 0 aliphatic carbocycles. The van der Waals surface area contributed by atoms with E-state index in [0.29, 0.717) is 12.8 Å². The Balaban J connectivity index is 3.44. The van der Waals surface area contributed by atoms with Gasteiger partial charge in [-0.3, -0.25) is 0 Å². The van der Waals surface area contributed by atoms with Crippen molar-refractivity contribution in [2.45, 2.75) is 174 Å². The summed E-state index contributed by atoms with van der Waals surface area (Å²) in [7, 11) is 0. The summed E-state index contributed by atoms with van der Waals surface area (Å²) in [4.78, 5) is 0. The van der Waals surface area contributed by atoms with Crippen LogP contribution in [0, 0.1) is 0 Å². The van der Waals surface area contributed by atoms with Crippen molar-refractivity contribution < 1.29 is 10.2 Å². The zero-order valence-electron chi connectivity index (χ0n) is 26.1. The maximum Gasteiger partial charge on any atom is 0.162 e. The lowest BCUT2D eigenvalue weighted by molar-refractivity contribution is -0.172. The van der Waals surface area contributed by atoms with E-state index in [4.69, 9.17) is 0 Å². The van der Waals surface area contributed by atoms with Crippen LogP contribution < -0.4 is 0 Å². The Bertz CT molecular complexity index is 623. The van der Waals surface area contributed by atoms with Crippen LogP contribution >= 0.6 is 0 Å². The number of rotatable bonds is 29. The van der Waals surface area contributed by atoms with E-state index in [9.17, 15) is 10.2 Å². The highest BCUT2D eigenvalue weighted by Crippen LogP contribution is 2.21. The SMILES string of the molecule is CC/C=C\C/C=C\C/C=C\CCCCCCCCC(O)(O)CCCCCCCC/C=C\C/C=C\CCCCC. The van der Waals surface area contributed by atoms with E-state index in [1.165, 1.54) is 89.9 Å². The van der Waals surface area contributed by atoms with Crippen molar-refractivity contribution in [3.63, 3.8) is 0 Å². The maximum atomic E-state index is 10.3.